The number of allylic oxidation sites excluding steroid dienone is 1. The lowest BCUT2D eigenvalue weighted by Crippen LogP contribution is -2.40. The standard InChI is InChI=1S/C25H31F2N5O2/c1-16(2)32-11-7-21-22(14-32)29-24(28-18-8-12-33-15-18)25(30-21)31-9-5-19(6-10-31)34-23-4-3-17(26)13-20(23)27/h3-4,13,18-19H,1,5-12,14-15H2,2H3,(H,28,29)/t18-/m1/s1. The van der Waals surface area contributed by atoms with E-state index < -0.39 is 11.6 Å². The van der Waals surface area contributed by atoms with Gasteiger partial charge in [-0.05, 0) is 25.5 Å². The predicted octanol–water partition coefficient (Wildman–Crippen LogP) is 3.90. The fourth-order valence-electron chi connectivity index (χ4n) is 4.74. The number of benzene rings is 1. The van der Waals surface area contributed by atoms with Crippen molar-refractivity contribution in [3.63, 3.8) is 0 Å². The molecule has 0 saturated carbocycles. The molecule has 2 fully saturated rings. The minimum Gasteiger partial charge on any atom is -0.487 e. The summed E-state index contributed by atoms with van der Waals surface area (Å²) >= 11 is 0. The zero-order valence-electron chi connectivity index (χ0n) is 19.5. The largest absolute Gasteiger partial charge is 0.487 e. The lowest BCUT2D eigenvalue weighted by atomic mass is 10.1. The molecule has 3 aliphatic rings. The lowest BCUT2D eigenvalue weighted by molar-refractivity contribution is 0.163. The van der Waals surface area contributed by atoms with E-state index in [9.17, 15) is 8.78 Å². The number of anilines is 2. The molecule has 1 N–H and O–H groups in total. The van der Waals surface area contributed by atoms with E-state index in [-0.39, 0.29) is 17.9 Å². The Balaban J connectivity index is 1.32. The molecule has 3 aliphatic heterocycles. The summed E-state index contributed by atoms with van der Waals surface area (Å²) in [6.45, 7) is 10.5. The molecule has 182 valence electrons. The first-order valence-corrected chi connectivity index (χ1v) is 12.0. The quantitative estimate of drug-likeness (QED) is 0.686. The molecule has 9 heteroatoms. The van der Waals surface area contributed by atoms with Crippen molar-refractivity contribution >= 4 is 11.6 Å². The van der Waals surface area contributed by atoms with Gasteiger partial charge in [-0.15, -0.1) is 0 Å². The number of hydrogen-bond acceptors (Lipinski definition) is 7. The molecular formula is C25H31F2N5O2. The summed E-state index contributed by atoms with van der Waals surface area (Å²) in [7, 11) is 0. The summed E-state index contributed by atoms with van der Waals surface area (Å²) in [6, 6.07) is 3.64. The van der Waals surface area contributed by atoms with Gasteiger partial charge in [-0.1, -0.05) is 6.58 Å². The summed E-state index contributed by atoms with van der Waals surface area (Å²) in [5, 5.41) is 3.57. The molecule has 0 spiro atoms. The van der Waals surface area contributed by atoms with Gasteiger partial charge in [0.15, 0.2) is 23.2 Å². The molecule has 1 aromatic carbocycles. The molecular weight excluding hydrogens is 440 g/mol. The van der Waals surface area contributed by atoms with Crippen LogP contribution in [0.25, 0.3) is 0 Å². The highest BCUT2D eigenvalue weighted by Gasteiger charge is 2.29. The number of ether oxygens (including phenoxy) is 2. The zero-order valence-corrected chi connectivity index (χ0v) is 19.5. The van der Waals surface area contributed by atoms with Crippen molar-refractivity contribution in [2.75, 3.05) is 43.1 Å². The van der Waals surface area contributed by atoms with Crippen LogP contribution in [-0.4, -0.2) is 59.9 Å². The van der Waals surface area contributed by atoms with Crippen molar-refractivity contribution < 1.29 is 18.3 Å². The monoisotopic (exact) mass is 471 g/mol. The molecule has 0 radical (unpaired) electrons. The Bertz CT molecular complexity index is 1050. The summed E-state index contributed by atoms with van der Waals surface area (Å²) in [5.41, 5.74) is 3.06. The summed E-state index contributed by atoms with van der Waals surface area (Å²) < 4.78 is 38.6. The van der Waals surface area contributed by atoms with Crippen molar-refractivity contribution in [1.29, 1.82) is 0 Å². The topological polar surface area (TPSA) is 62.8 Å². The molecule has 0 bridgehead atoms. The maximum absolute atomic E-state index is 14.0. The first-order valence-electron chi connectivity index (χ1n) is 12.0. The average Bonchev–Trinajstić information content (AvgIpc) is 3.34. The maximum Gasteiger partial charge on any atom is 0.172 e. The molecule has 5 rings (SSSR count). The molecule has 4 heterocycles. The van der Waals surface area contributed by atoms with Gasteiger partial charge in [-0.25, -0.2) is 18.7 Å². The molecule has 1 aromatic heterocycles. The van der Waals surface area contributed by atoms with Gasteiger partial charge in [0.1, 0.15) is 11.9 Å². The Morgan fingerprint density at radius 3 is 2.68 bits per heavy atom. The van der Waals surface area contributed by atoms with Crippen molar-refractivity contribution in [1.82, 2.24) is 14.9 Å². The van der Waals surface area contributed by atoms with Gasteiger partial charge >= 0.3 is 0 Å². The van der Waals surface area contributed by atoms with Crippen LogP contribution in [0.4, 0.5) is 20.4 Å². The van der Waals surface area contributed by atoms with Gasteiger partial charge < -0.3 is 24.6 Å². The second-order valence-electron chi connectivity index (χ2n) is 9.28. The van der Waals surface area contributed by atoms with Crippen LogP contribution < -0.4 is 15.0 Å². The lowest BCUT2D eigenvalue weighted by Gasteiger charge is -2.35. The van der Waals surface area contributed by atoms with Crippen LogP contribution in [0.15, 0.2) is 30.5 Å². The molecule has 34 heavy (non-hydrogen) atoms. The van der Waals surface area contributed by atoms with Gasteiger partial charge in [-0.3, -0.25) is 0 Å². The number of nitrogens with one attached hydrogen (secondary N) is 1. The highest BCUT2D eigenvalue weighted by Crippen LogP contribution is 2.31. The van der Waals surface area contributed by atoms with E-state index in [1.807, 2.05) is 6.92 Å². The van der Waals surface area contributed by atoms with Crippen LogP contribution in [0.2, 0.25) is 0 Å². The number of rotatable bonds is 6. The van der Waals surface area contributed by atoms with Crippen molar-refractivity contribution in [3.8, 4) is 5.75 Å². The van der Waals surface area contributed by atoms with Crippen LogP contribution in [0.5, 0.6) is 5.75 Å². The van der Waals surface area contributed by atoms with E-state index >= 15 is 0 Å². The maximum atomic E-state index is 14.0. The fourth-order valence-corrected chi connectivity index (χ4v) is 4.74. The first-order chi connectivity index (χ1) is 16.5. The third-order valence-corrected chi connectivity index (χ3v) is 6.73. The van der Waals surface area contributed by atoms with Crippen LogP contribution in [0, 0.1) is 11.6 Å². The van der Waals surface area contributed by atoms with Gasteiger partial charge in [0.05, 0.1) is 30.6 Å². The number of halogens is 2. The van der Waals surface area contributed by atoms with E-state index in [1.54, 1.807) is 0 Å². The van der Waals surface area contributed by atoms with Crippen LogP contribution in [-0.2, 0) is 17.7 Å². The van der Waals surface area contributed by atoms with E-state index in [4.69, 9.17) is 19.4 Å². The molecule has 1 atom stereocenters. The molecule has 7 nitrogen and oxygen atoms in total. The Morgan fingerprint density at radius 2 is 1.97 bits per heavy atom. The van der Waals surface area contributed by atoms with Gasteiger partial charge in [0.25, 0.3) is 0 Å². The number of piperidine rings is 1. The molecule has 0 unspecified atom stereocenters. The van der Waals surface area contributed by atoms with Gasteiger partial charge in [-0.2, -0.15) is 0 Å². The van der Waals surface area contributed by atoms with E-state index in [2.05, 4.69) is 21.7 Å². The smallest absolute Gasteiger partial charge is 0.172 e. The number of aromatic nitrogens is 2. The third-order valence-electron chi connectivity index (χ3n) is 6.73. The Kier molecular flexibility index (Phi) is 6.54. The zero-order chi connectivity index (χ0) is 23.7. The fraction of sp³-hybridized carbons (Fsp3) is 0.520. The Hall–Kier alpha value is -2.94. The number of nitrogens with zero attached hydrogens (tertiary/aromatic N) is 4. The minimum absolute atomic E-state index is 0.0964. The van der Waals surface area contributed by atoms with Crippen molar-refractivity contribution in [3.05, 3.63) is 53.5 Å². The Morgan fingerprint density at radius 1 is 1.15 bits per heavy atom. The van der Waals surface area contributed by atoms with Gasteiger partial charge in [0, 0.05) is 57.3 Å². The summed E-state index contributed by atoms with van der Waals surface area (Å²) in [4.78, 5) is 14.6. The summed E-state index contributed by atoms with van der Waals surface area (Å²) in [6.07, 6.45) is 3.06. The SMILES string of the molecule is C=C(C)N1CCc2nc(N3CCC(Oc4ccc(F)cc4F)CC3)c(N[C@@H]3CCOC3)nc2C1. The van der Waals surface area contributed by atoms with Crippen LogP contribution in [0.1, 0.15) is 37.6 Å². The first kappa shape index (κ1) is 22.8. The predicted molar refractivity (Wildman–Crippen MR) is 126 cm³/mol. The highest BCUT2D eigenvalue weighted by molar-refractivity contribution is 5.63. The van der Waals surface area contributed by atoms with E-state index in [1.165, 1.54) is 12.1 Å². The second kappa shape index (κ2) is 9.74. The van der Waals surface area contributed by atoms with E-state index in [0.717, 1.165) is 60.8 Å². The molecule has 2 saturated heterocycles. The average molecular weight is 472 g/mol. The Labute approximate surface area is 198 Å². The van der Waals surface area contributed by atoms with E-state index in [0.29, 0.717) is 39.1 Å². The number of hydrogen-bond donors (Lipinski definition) is 1. The highest BCUT2D eigenvalue weighted by atomic mass is 19.1. The normalized spacial score (nSPS) is 20.9. The van der Waals surface area contributed by atoms with Crippen molar-refractivity contribution in [2.45, 2.75) is 51.3 Å². The second-order valence-corrected chi connectivity index (χ2v) is 9.28. The third kappa shape index (κ3) is 4.94. The molecule has 2 aromatic rings. The summed E-state index contributed by atoms with van der Waals surface area (Å²) in [5.74, 6) is 0.475. The van der Waals surface area contributed by atoms with Gasteiger partial charge in [0.2, 0.25) is 0 Å². The molecule has 0 amide bonds. The van der Waals surface area contributed by atoms with Crippen LogP contribution >= 0.6 is 0 Å². The van der Waals surface area contributed by atoms with Crippen molar-refractivity contribution in [2.24, 2.45) is 0 Å². The van der Waals surface area contributed by atoms with Crippen LogP contribution in [0.3, 0.4) is 0 Å². The molecule has 0 aliphatic carbocycles. The minimum atomic E-state index is -0.669. The number of fused-ring (bicyclic) bond motifs is 1.